The van der Waals surface area contributed by atoms with Crippen molar-refractivity contribution in [3.8, 4) is 56.4 Å². The lowest BCUT2D eigenvalue weighted by Gasteiger charge is -2.16. The van der Waals surface area contributed by atoms with Crippen molar-refractivity contribution in [3.05, 3.63) is 188 Å². The molecule has 9 aromatic carbocycles. The standard InChI is InChI=1S/C53H31N3S2/c1-2-14-32(15-3-1)45-31-34(46-30-33-16-4-5-17-35(33)36-18-6-7-19-37(36)46)28-29-42(45)51-54-52(43-24-12-22-40-38-20-8-10-26-47(38)57-49(40)43)56-53(55-51)44-25-13-23-41-39-21-9-11-27-48(39)58-50(41)44/h1-31H. The zero-order chi connectivity index (χ0) is 38.2. The molecular weight excluding hydrogens is 743 g/mol. The van der Waals surface area contributed by atoms with Crippen LogP contribution in [0.5, 0.6) is 0 Å². The highest BCUT2D eigenvalue weighted by molar-refractivity contribution is 7.26. The lowest BCUT2D eigenvalue weighted by Crippen LogP contribution is -2.01. The molecule has 3 aromatic heterocycles. The van der Waals surface area contributed by atoms with E-state index in [2.05, 4.69) is 188 Å². The van der Waals surface area contributed by atoms with Gasteiger partial charge < -0.3 is 0 Å². The molecule has 12 rings (SSSR count). The molecule has 0 aliphatic heterocycles. The third kappa shape index (κ3) is 5.28. The molecule has 0 radical (unpaired) electrons. The molecule has 5 heteroatoms. The predicted molar refractivity (Wildman–Crippen MR) is 248 cm³/mol. The van der Waals surface area contributed by atoms with Gasteiger partial charge in [0.2, 0.25) is 0 Å². The molecule has 0 saturated carbocycles. The van der Waals surface area contributed by atoms with Gasteiger partial charge in [-0.05, 0) is 86.3 Å². The van der Waals surface area contributed by atoms with Gasteiger partial charge >= 0.3 is 0 Å². The maximum atomic E-state index is 5.41. The van der Waals surface area contributed by atoms with E-state index in [4.69, 9.17) is 15.0 Å². The average molecular weight is 774 g/mol. The van der Waals surface area contributed by atoms with Crippen LogP contribution in [-0.4, -0.2) is 15.0 Å². The van der Waals surface area contributed by atoms with E-state index in [1.165, 1.54) is 67.5 Å². The highest BCUT2D eigenvalue weighted by Gasteiger charge is 2.21. The van der Waals surface area contributed by atoms with E-state index in [1.54, 1.807) is 22.7 Å². The minimum Gasteiger partial charge on any atom is -0.208 e. The SMILES string of the molecule is c1ccc(-c2cc(-c3cc4ccccc4c4ccccc34)ccc2-c2nc(-c3cccc4c3sc3ccccc34)nc(-c3cccc4c3sc3ccccc34)n2)cc1. The van der Waals surface area contributed by atoms with Crippen molar-refractivity contribution in [2.75, 3.05) is 0 Å². The molecule has 12 aromatic rings. The summed E-state index contributed by atoms with van der Waals surface area (Å²) >= 11 is 3.59. The average Bonchev–Trinajstić information content (AvgIpc) is 3.88. The fourth-order valence-corrected chi connectivity index (χ4v) is 11.1. The summed E-state index contributed by atoms with van der Waals surface area (Å²) in [5.74, 6) is 1.97. The number of benzene rings is 9. The van der Waals surface area contributed by atoms with E-state index >= 15 is 0 Å². The van der Waals surface area contributed by atoms with Crippen LogP contribution >= 0.6 is 22.7 Å². The first-order valence-electron chi connectivity index (χ1n) is 19.4. The Bertz CT molecular complexity index is 3450. The second kappa shape index (κ2) is 13.3. The van der Waals surface area contributed by atoms with Gasteiger partial charge in [-0.1, -0.05) is 146 Å². The molecule has 0 N–H and O–H groups in total. The van der Waals surface area contributed by atoms with Crippen LogP contribution in [-0.2, 0) is 0 Å². The molecule has 0 spiro atoms. The van der Waals surface area contributed by atoms with E-state index in [1.807, 2.05) is 0 Å². The van der Waals surface area contributed by atoms with Gasteiger partial charge in [-0.25, -0.2) is 15.0 Å². The third-order valence-electron chi connectivity index (χ3n) is 11.4. The van der Waals surface area contributed by atoms with Crippen molar-refractivity contribution in [1.82, 2.24) is 15.0 Å². The Morgan fingerprint density at radius 1 is 0.276 bits per heavy atom. The third-order valence-corrected chi connectivity index (χ3v) is 13.8. The summed E-state index contributed by atoms with van der Waals surface area (Å²) in [4.78, 5) is 16.2. The van der Waals surface area contributed by atoms with E-state index in [0.717, 1.165) is 33.4 Å². The van der Waals surface area contributed by atoms with Crippen LogP contribution < -0.4 is 0 Å². The molecule has 0 saturated heterocycles. The zero-order valence-electron chi connectivity index (χ0n) is 31.1. The van der Waals surface area contributed by atoms with Crippen LogP contribution in [0.3, 0.4) is 0 Å². The van der Waals surface area contributed by atoms with E-state index < -0.39 is 0 Å². The largest absolute Gasteiger partial charge is 0.208 e. The Balaban J connectivity index is 1.13. The Kier molecular flexibility index (Phi) is 7.58. The zero-order valence-corrected chi connectivity index (χ0v) is 32.7. The normalized spacial score (nSPS) is 11.8. The number of rotatable bonds is 5. The van der Waals surface area contributed by atoms with Gasteiger partial charge in [0.15, 0.2) is 17.5 Å². The van der Waals surface area contributed by atoms with Crippen LogP contribution in [0.1, 0.15) is 0 Å². The first kappa shape index (κ1) is 33.1. The van der Waals surface area contributed by atoms with Gasteiger partial charge in [0, 0.05) is 57.0 Å². The summed E-state index contributed by atoms with van der Waals surface area (Å²) in [5, 5.41) is 9.88. The summed E-state index contributed by atoms with van der Waals surface area (Å²) in [6.07, 6.45) is 0. The van der Waals surface area contributed by atoms with Crippen molar-refractivity contribution >= 4 is 84.6 Å². The molecule has 0 aliphatic carbocycles. The quantitative estimate of drug-likeness (QED) is 0.164. The molecule has 0 unspecified atom stereocenters. The van der Waals surface area contributed by atoms with Crippen LogP contribution in [0.4, 0.5) is 0 Å². The van der Waals surface area contributed by atoms with Crippen molar-refractivity contribution < 1.29 is 0 Å². The number of thiophene rings is 2. The molecule has 0 fully saturated rings. The predicted octanol–water partition coefficient (Wildman–Crippen LogP) is 15.2. The fraction of sp³-hybridized carbons (Fsp3) is 0. The van der Waals surface area contributed by atoms with Crippen molar-refractivity contribution in [1.29, 1.82) is 0 Å². The van der Waals surface area contributed by atoms with E-state index in [0.29, 0.717) is 17.5 Å². The Morgan fingerprint density at radius 2 is 0.776 bits per heavy atom. The topological polar surface area (TPSA) is 38.7 Å². The van der Waals surface area contributed by atoms with Gasteiger partial charge in [0.05, 0.1) is 0 Å². The van der Waals surface area contributed by atoms with Gasteiger partial charge in [0.1, 0.15) is 0 Å². The first-order chi connectivity index (χ1) is 28.7. The van der Waals surface area contributed by atoms with Gasteiger partial charge in [-0.3, -0.25) is 0 Å². The van der Waals surface area contributed by atoms with E-state index in [9.17, 15) is 0 Å². The van der Waals surface area contributed by atoms with Gasteiger partial charge in [-0.2, -0.15) is 0 Å². The highest BCUT2D eigenvalue weighted by atomic mass is 32.1. The molecule has 0 atom stereocenters. The summed E-state index contributed by atoms with van der Waals surface area (Å²) in [6, 6.07) is 67.4. The minimum atomic E-state index is 0.644. The molecule has 58 heavy (non-hydrogen) atoms. The van der Waals surface area contributed by atoms with Crippen LogP contribution in [0.25, 0.3) is 118 Å². The Labute approximate surface area is 342 Å². The summed E-state index contributed by atoms with van der Waals surface area (Å²) in [6.45, 7) is 0. The van der Waals surface area contributed by atoms with Crippen LogP contribution in [0, 0.1) is 0 Å². The van der Waals surface area contributed by atoms with Crippen molar-refractivity contribution in [3.63, 3.8) is 0 Å². The second-order valence-corrected chi connectivity index (χ2v) is 16.8. The number of nitrogens with zero attached hydrogens (tertiary/aromatic N) is 3. The van der Waals surface area contributed by atoms with Crippen molar-refractivity contribution in [2.45, 2.75) is 0 Å². The van der Waals surface area contributed by atoms with Gasteiger partial charge in [-0.15, -0.1) is 22.7 Å². The lowest BCUT2D eigenvalue weighted by molar-refractivity contribution is 1.08. The van der Waals surface area contributed by atoms with Crippen molar-refractivity contribution in [2.24, 2.45) is 0 Å². The Hall–Kier alpha value is -7.05. The molecule has 3 heterocycles. The lowest BCUT2D eigenvalue weighted by atomic mass is 9.90. The summed E-state index contributed by atoms with van der Waals surface area (Å²) in [7, 11) is 0. The maximum Gasteiger partial charge on any atom is 0.165 e. The van der Waals surface area contributed by atoms with Gasteiger partial charge in [0.25, 0.3) is 0 Å². The number of hydrogen-bond acceptors (Lipinski definition) is 5. The number of fused-ring (bicyclic) bond motifs is 9. The maximum absolute atomic E-state index is 5.41. The first-order valence-corrected chi connectivity index (χ1v) is 21.1. The van der Waals surface area contributed by atoms with E-state index in [-0.39, 0.29) is 0 Å². The number of hydrogen-bond donors (Lipinski definition) is 0. The fourth-order valence-electron chi connectivity index (χ4n) is 8.64. The molecular formula is C53H31N3S2. The summed E-state index contributed by atoms with van der Waals surface area (Å²) < 4.78 is 4.85. The molecule has 0 amide bonds. The Morgan fingerprint density at radius 3 is 1.41 bits per heavy atom. The van der Waals surface area contributed by atoms with Crippen LogP contribution in [0.2, 0.25) is 0 Å². The highest BCUT2D eigenvalue weighted by Crippen LogP contribution is 2.44. The molecule has 0 bridgehead atoms. The van der Waals surface area contributed by atoms with Crippen LogP contribution in [0.15, 0.2) is 188 Å². The minimum absolute atomic E-state index is 0.644. The second-order valence-electron chi connectivity index (χ2n) is 14.7. The molecule has 3 nitrogen and oxygen atoms in total. The number of aromatic nitrogens is 3. The monoisotopic (exact) mass is 773 g/mol. The smallest absolute Gasteiger partial charge is 0.165 e. The molecule has 270 valence electrons. The summed E-state index contributed by atoms with van der Waals surface area (Å²) in [5.41, 5.74) is 7.48. The molecule has 0 aliphatic rings.